The monoisotopic (exact) mass is 430 g/mol. The van der Waals surface area contributed by atoms with Gasteiger partial charge in [-0.2, -0.15) is 5.26 Å². The van der Waals surface area contributed by atoms with Crippen molar-refractivity contribution in [1.29, 1.82) is 5.26 Å². The topological polar surface area (TPSA) is 83.5 Å². The molecular formula is C26H26N2O4. The Balaban J connectivity index is 1.86. The lowest BCUT2D eigenvalue weighted by Gasteiger charge is -2.13. The van der Waals surface area contributed by atoms with E-state index >= 15 is 0 Å². The van der Waals surface area contributed by atoms with E-state index in [0.29, 0.717) is 22.1 Å². The fraction of sp³-hybridized carbons (Fsp3) is 0.269. The van der Waals surface area contributed by atoms with E-state index in [1.165, 1.54) is 12.1 Å². The van der Waals surface area contributed by atoms with Gasteiger partial charge < -0.3 is 14.1 Å². The number of hydrogen-bond acceptors (Lipinski definition) is 6. The summed E-state index contributed by atoms with van der Waals surface area (Å²) in [6.07, 6.45) is 1.49. The summed E-state index contributed by atoms with van der Waals surface area (Å²) in [4.78, 5) is 26.5. The van der Waals surface area contributed by atoms with Gasteiger partial charge in [-0.1, -0.05) is 26.0 Å². The first-order valence-electron chi connectivity index (χ1n) is 10.3. The van der Waals surface area contributed by atoms with Crippen molar-refractivity contribution in [3.8, 4) is 6.07 Å². The van der Waals surface area contributed by atoms with Gasteiger partial charge in [0.15, 0.2) is 0 Å². The number of benzene rings is 2. The van der Waals surface area contributed by atoms with Gasteiger partial charge in [-0.15, -0.1) is 0 Å². The fourth-order valence-electron chi connectivity index (χ4n) is 3.53. The number of rotatable bonds is 6. The molecule has 0 radical (unpaired) electrons. The highest BCUT2D eigenvalue weighted by Crippen LogP contribution is 2.27. The van der Waals surface area contributed by atoms with Crippen molar-refractivity contribution in [1.82, 2.24) is 0 Å². The smallest absolute Gasteiger partial charge is 0.349 e. The predicted molar refractivity (Wildman–Crippen MR) is 125 cm³/mol. The summed E-state index contributed by atoms with van der Waals surface area (Å²) in [7, 11) is 3.87. The maximum Gasteiger partial charge on any atom is 0.349 e. The molecule has 0 aliphatic rings. The number of anilines is 1. The first-order valence-corrected chi connectivity index (χ1v) is 10.3. The average Bonchev–Trinajstić information content (AvgIpc) is 2.75. The number of hydrogen-bond donors (Lipinski definition) is 0. The molecule has 6 nitrogen and oxygen atoms in total. The Morgan fingerprint density at radius 1 is 1.19 bits per heavy atom. The van der Waals surface area contributed by atoms with Crippen LogP contribution in [0.3, 0.4) is 0 Å². The van der Waals surface area contributed by atoms with Crippen molar-refractivity contribution < 1.29 is 13.9 Å². The first kappa shape index (κ1) is 22.8. The number of esters is 1. The first-order chi connectivity index (χ1) is 15.2. The highest BCUT2D eigenvalue weighted by Gasteiger charge is 2.15. The van der Waals surface area contributed by atoms with E-state index in [2.05, 4.69) is 13.8 Å². The van der Waals surface area contributed by atoms with Crippen molar-refractivity contribution in [3.63, 3.8) is 0 Å². The normalized spacial score (nSPS) is 11.5. The minimum absolute atomic E-state index is 0.117. The number of carbonyl (C=O) groups is 1. The number of fused-ring (bicyclic) bond motifs is 1. The van der Waals surface area contributed by atoms with Gasteiger partial charge in [0.05, 0.1) is 0 Å². The van der Waals surface area contributed by atoms with E-state index in [1.54, 1.807) is 0 Å². The molecule has 0 spiro atoms. The second-order valence-corrected chi connectivity index (χ2v) is 8.18. The number of nitriles is 1. The molecule has 0 amide bonds. The summed E-state index contributed by atoms with van der Waals surface area (Å²) in [6.45, 7) is 6.00. The Morgan fingerprint density at radius 3 is 2.47 bits per heavy atom. The molecule has 0 fully saturated rings. The lowest BCUT2D eigenvalue weighted by molar-refractivity contribution is -0.139. The zero-order valence-corrected chi connectivity index (χ0v) is 18.9. The quantitative estimate of drug-likeness (QED) is 0.238. The standard InChI is InChI=1S/C26H26N2O4/c1-16(2)22-13-23-20(12-25(29)32-24(23)10-17(22)3)15-31-26(30)19(14-27)11-18-6-8-21(9-7-18)28(4)5/h6-13,16H,15H2,1-5H3. The minimum Gasteiger partial charge on any atom is -0.457 e. The van der Waals surface area contributed by atoms with Crippen molar-refractivity contribution in [3.05, 3.63) is 80.7 Å². The third-order valence-electron chi connectivity index (χ3n) is 5.26. The largest absolute Gasteiger partial charge is 0.457 e. The van der Waals surface area contributed by atoms with Gasteiger partial charge >= 0.3 is 11.6 Å². The number of carbonyl (C=O) groups excluding carboxylic acids is 1. The van der Waals surface area contributed by atoms with Gasteiger partial charge in [0, 0.05) is 36.8 Å². The van der Waals surface area contributed by atoms with Gasteiger partial charge in [-0.05, 0) is 59.9 Å². The molecule has 0 aliphatic carbocycles. The molecule has 1 heterocycles. The van der Waals surface area contributed by atoms with E-state index in [9.17, 15) is 14.9 Å². The van der Waals surface area contributed by atoms with Gasteiger partial charge in [0.1, 0.15) is 23.8 Å². The Morgan fingerprint density at radius 2 is 1.88 bits per heavy atom. The minimum atomic E-state index is -0.748. The lowest BCUT2D eigenvalue weighted by atomic mass is 9.95. The molecule has 0 aliphatic heterocycles. The van der Waals surface area contributed by atoms with Crippen LogP contribution >= 0.6 is 0 Å². The Bertz CT molecular complexity index is 1280. The molecule has 0 saturated heterocycles. The lowest BCUT2D eigenvalue weighted by Crippen LogP contribution is -2.10. The molecule has 0 N–H and O–H groups in total. The van der Waals surface area contributed by atoms with E-state index in [4.69, 9.17) is 9.15 Å². The van der Waals surface area contributed by atoms with Gasteiger partial charge in [0.25, 0.3) is 0 Å². The van der Waals surface area contributed by atoms with Crippen LogP contribution in [0.5, 0.6) is 0 Å². The molecule has 3 aromatic rings. The van der Waals surface area contributed by atoms with Crippen LogP contribution in [0.25, 0.3) is 17.0 Å². The molecule has 32 heavy (non-hydrogen) atoms. The Kier molecular flexibility index (Phi) is 6.79. The van der Waals surface area contributed by atoms with Crippen LogP contribution in [0, 0.1) is 18.3 Å². The number of nitrogens with zero attached hydrogens (tertiary/aromatic N) is 2. The summed E-state index contributed by atoms with van der Waals surface area (Å²) in [5.41, 5.74) is 4.23. The highest BCUT2D eigenvalue weighted by atomic mass is 16.5. The summed E-state index contributed by atoms with van der Waals surface area (Å²) < 4.78 is 10.7. The van der Waals surface area contributed by atoms with Crippen LogP contribution in [-0.4, -0.2) is 20.1 Å². The SMILES string of the molecule is Cc1cc2oc(=O)cc(COC(=O)C(C#N)=Cc3ccc(N(C)C)cc3)c2cc1C(C)C. The van der Waals surface area contributed by atoms with Gasteiger partial charge in [-0.25, -0.2) is 9.59 Å². The second kappa shape index (κ2) is 9.52. The summed E-state index contributed by atoms with van der Waals surface area (Å²) in [6, 6.07) is 14.5. The van der Waals surface area contributed by atoms with Crippen molar-refractivity contribution in [2.45, 2.75) is 33.3 Å². The zero-order chi connectivity index (χ0) is 23.4. The Labute approximate surface area is 187 Å². The van der Waals surface area contributed by atoms with E-state index in [-0.39, 0.29) is 18.1 Å². The maximum absolute atomic E-state index is 12.6. The Hall–Kier alpha value is -3.85. The van der Waals surface area contributed by atoms with E-state index < -0.39 is 11.6 Å². The summed E-state index contributed by atoms with van der Waals surface area (Å²) in [5.74, 6) is -0.462. The molecule has 6 heteroatoms. The van der Waals surface area contributed by atoms with Gasteiger partial charge in [-0.3, -0.25) is 0 Å². The molecule has 1 aromatic heterocycles. The zero-order valence-electron chi connectivity index (χ0n) is 18.9. The van der Waals surface area contributed by atoms with Crippen LogP contribution in [0.4, 0.5) is 5.69 Å². The van der Waals surface area contributed by atoms with Gasteiger partial charge in [0.2, 0.25) is 0 Å². The number of aryl methyl sites for hydroxylation is 1. The molecular weight excluding hydrogens is 404 g/mol. The van der Waals surface area contributed by atoms with Crippen LogP contribution in [0.15, 0.2) is 57.2 Å². The van der Waals surface area contributed by atoms with Crippen molar-refractivity contribution in [2.24, 2.45) is 0 Å². The highest BCUT2D eigenvalue weighted by molar-refractivity contribution is 5.98. The molecule has 0 unspecified atom stereocenters. The molecule has 0 bridgehead atoms. The summed E-state index contributed by atoms with van der Waals surface area (Å²) in [5, 5.41) is 10.2. The van der Waals surface area contributed by atoms with E-state index in [0.717, 1.165) is 16.8 Å². The van der Waals surface area contributed by atoms with Crippen LogP contribution < -0.4 is 10.5 Å². The van der Waals surface area contributed by atoms with Crippen LogP contribution in [-0.2, 0) is 16.1 Å². The molecule has 164 valence electrons. The number of ether oxygens (including phenoxy) is 1. The molecule has 0 saturated carbocycles. The van der Waals surface area contributed by atoms with E-state index in [1.807, 2.05) is 68.4 Å². The average molecular weight is 431 g/mol. The fourth-order valence-corrected chi connectivity index (χ4v) is 3.53. The second-order valence-electron chi connectivity index (χ2n) is 8.18. The maximum atomic E-state index is 12.6. The molecule has 3 rings (SSSR count). The van der Waals surface area contributed by atoms with Crippen LogP contribution in [0.2, 0.25) is 0 Å². The van der Waals surface area contributed by atoms with Crippen molar-refractivity contribution >= 4 is 28.7 Å². The predicted octanol–water partition coefficient (Wildman–Crippen LogP) is 4.94. The molecule has 2 aromatic carbocycles. The summed E-state index contributed by atoms with van der Waals surface area (Å²) >= 11 is 0. The molecule has 0 atom stereocenters. The van der Waals surface area contributed by atoms with Crippen LogP contribution in [0.1, 0.15) is 42.0 Å². The third kappa shape index (κ3) is 5.06. The van der Waals surface area contributed by atoms with Crippen molar-refractivity contribution in [2.75, 3.05) is 19.0 Å². The third-order valence-corrected chi connectivity index (χ3v) is 5.26.